The lowest BCUT2D eigenvalue weighted by atomic mass is 10.1. The van der Waals surface area contributed by atoms with Crippen LogP contribution >= 0.6 is 0 Å². The highest BCUT2D eigenvalue weighted by Gasteiger charge is 2.23. The first-order chi connectivity index (χ1) is 9.11. The van der Waals surface area contributed by atoms with Crippen LogP contribution in [0.15, 0.2) is 18.2 Å². The number of hydrogen-bond acceptors (Lipinski definition) is 3. The van der Waals surface area contributed by atoms with Crippen LogP contribution < -0.4 is 4.74 Å². The highest BCUT2D eigenvalue weighted by molar-refractivity contribution is 5.91. The van der Waals surface area contributed by atoms with E-state index >= 15 is 0 Å². The van der Waals surface area contributed by atoms with E-state index in [2.05, 4.69) is 11.8 Å². The molecule has 0 spiro atoms. The van der Waals surface area contributed by atoms with Gasteiger partial charge in [-0.25, -0.2) is 9.18 Å². The summed E-state index contributed by atoms with van der Waals surface area (Å²) in [6.45, 7) is 4.97. The first-order valence-electron chi connectivity index (χ1n) is 6.52. The number of rotatable bonds is 4. The van der Waals surface area contributed by atoms with Crippen LogP contribution in [-0.4, -0.2) is 41.7 Å². The van der Waals surface area contributed by atoms with Crippen LogP contribution in [0, 0.1) is 5.82 Å². The summed E-state index contributed by atoms with van der Waals surface area (Å²) in [5.41, 5.74) is -0.375. The zero-order valence-electron chi connectivity index (χ0n) is 10.9. The average Bonchev–Trinajstić information content (AvgIpc) is 2.39. The lowest BCUT2D eigenvalue weighted by molar-refractivity contribution is 0.0672. The second-order valence-corrected chi connectivity index (χ2v) is 4.67. The van der Waals surface area contributed by atoms with E-state index < -0.39 is 11.8 Å². The standard InChI is InChI=1S/C14H18FNO3/c1-2-16-8-6-10(7-9-16)19-12-5-3-4-11(15)13(12)14(17)18/h3-5,10H,2,6-9H2,1H3,(H,17,18). The number of hydrogen-bond donors (Lipinski definition) is 1. The summed E-state index contributed by atoms with van der Waals surface area (Å²) >= 11 is 0. The Morgan fingerprint density at radius 2 is 2.16 bits per heavy atom. The lowest BCUT2D eigenvalue weighted by Gasteiger charge is -2.31. The predicted molar refractivity (Wildman–Crippen MR) is 69.1 cm³/mol. The van der Waals surface area contributed by atoms with Crippen molar-refractivity contribution >= 4 is 5.97 Å². The molecule has 1 saturated heterocycles. The number of aromatic carboxylic acids is 1. The molecule has 0 aliphatic carbocycles. The number of carboxylic acids is 1. The van der Waals surface area contributed by atoms with Gasteiger partial charge in [0.2, 0.25) is 0 Å². The molecule has 0 amide bonds. The molecule has 0 radical (unpaired) electrons. The molecule has 4 nitrogen and oxygen atoms in total. The van der Waals surface area contributed by atoms with Crippen LogP contribution in [0.1, 0.15) is 30.1 Å². The summed E-state index contributed by atoms with van der Waals surface area (Å²) < 4.78 is 19.2. The van der Waals surface area contributed by atoms with Crippen LogP contribution in [-0.2, 0) is 0 Å². The fourth-order valence-electron chi connectivity index (χ4n) is 2.33. The van der Waals surface area contributed by atoms with Crippen molar-refractivity contribution in [2.45, 2.75) is 25.9 Å². The van der Waals surface area contributed by atoms with E-state index in [4.69, 9.17) is 9.84 Å². The largest absolute Gasteiger partial charge is 0.489 e. The number of likely N-dealkylation sites (tertiary alicyclic amines) is 1. The van der Waals surface area contributed by atoms with Crippen molar-refractivity contribution in [2.75, 3.05) is 19.6 Å². The van der Waals surface area contributed by atoms with Gasteiger partial charge in [0.05, 0.1) is 0 Å². The zero-order chi connectivity index (χ0) is 13.8. The minimum absolute atomic E-state index is 0.0392. The van der Waals surface area contributed by atoms with Crippen molar-refractivity contribution in [1.29, 1.82) is 0 Å². The highest BCUT2D eigenvalue weighted by Crippen LogP contribution is 2.25. The van der Waals surface area contributed by atoms with Gasteiger partial charge in [-0.15, -0.1) is 0 Å². The molecule has 0 atom stereocenters. The molecule has 5 heteroatoms. The molecule has 19 heavy (non-hydrogen) atoms. The Kier molecular flexibility index (Phi) is 4.37. The van der Waals surface area contributed by atoms with Gasteiger partial charge in [0, 0.05) is 13.1 Å². The van der Waals surface area contributed by atoms with Crippen molar-refractivity contribution < 1.29 is 19.0 Å². The summed E-state index contributed by atoms with van der Waals surface area (Å²) in [6.07, 6.45) is 1.63. The molecule has 0 aromatic heterocycles. The first-order valence-corrected chi connectivity index (χ1v) is 6.52. The van der Waals surface area contributed by atoms with E-state index in [0.29, 0.717) is 0 Å². The number of halogens is 1. The molecule has 1 fully saturated rings. The molecule has 0 unspecified atom stereocenters. The highest BCUT2D eigenvalue weighted by atomic mass is 19.1. The Morgan fingerprint density at radius 1 is 1.47 bits per heavy atom. The normalized spacial score (nSPS) is 17.4. The van der Waals surface area contributed by atoms with Gasteiger partial charge in [0.15, 0.2) is 0 Å². The summed E-state index contributed by atoms with van der Waals surface area (Å²) in [5.74, 6) is -1.92. The molecular weight excluding hydrogens is 249 g/mol. The van der Waals surface area contributed by atoms with Gasteiger partial charge < -0.3 is 14.7 Å². The number of piperidine rings is 1. The Hall–Kier alpha value is -1.62. The van der Waals surface area contributed by atoms with Crippen molar-refractivity contribution in [3.8, 4) is 5.75 Å². The average molecular weight is 267 g/mol. The van der Waals surface area contributed by atoms with Crippen molar-refractivity contribution in [1.82, 2.24) is 4.90 Å². The fraction of sp³-hybridized carbons (Fsp3) is 0.500. The molecule has 2 rings (SSSR count). The molecular formula is C14H18FNO3. The minimum Gasteiger partial charge on any atom is -0.489 e. The second-order valence-electron chi connectivity index (χ2n) is 4.67. The minimum atomic E-state index is -1.29. The van der Waals surface area contributed by atoms with E-state index in [9.17, 15) is 9.18 Å². The number of nitrogens with zero attached hydrogens (tertiary/aromatic N) is 1. The van der Waals surface area contributed by atoms with E-state index in [0.717, 1.165) is 38.5 Å². The molecule has 104 valence electrons. The summed E-state index contributed by atoms with van der Waals surface area (Å²) in [7, 11) is 0. The molecule has 1 aromatic rings. The van der Waals surface area contributed by atoms with E-state index in [1.807, 2.05) is 0 Å². The Morgan fingerprint density at radius 3 is 2.74 bits per heavy atom. The van der Waals surface area contributed by atoms with Crippen LogP contribution in [0.25, 0.3) is 0 Å². The van der Waals surface area contributed by atoms with Crippen molar-refractivity contribution in [2.24, 2.45) is 0 Å². The smallest absolute Gasteiger partial charge is 0.342 e. The van der Waals surface area contributed by atoms with Gasteiger partial charge in [-0.1, -0.05) is 13.0 Å². The van der Waals surface area contributed by atoms with Gasteiger partial charge in [-0.3, -0.25) is 0 Å². The number of carbonyl (C=O) groups is 1. The van der Waals surface area contributed by atoms with E-state index in [1.54, 1.807) is 0 Å². The van der Waals surface area contributed by atoms with Gasteiger partial charge >= 0.3 is 5.97 Å². The number of benzene rings is 1. The molecule has 1 aliphatic rings. The monoisotopic (exact) mass is 267 g/mol. The zero-order valence-corrected chi connectivity index (χ0v) is 10.9. The summed E-state index contributed by atoms with van der Waals surface area (Å²) in [5, 5.41) is 9.03. The van der Waals surface area contributed by atoms with Gasteiger partial charge in [-0.2, -0.15) is 0 Å². The lowest BCUT2D eigenvalue weighted by Crippen LogP contribution is -2.38. The quantitative estimate of drug-likeness (QED) is 0.910. The van der Waals surface area contributed by atoms with Crippen LogP contribution in [0.5, 0.6) is 5.75 Å². The van der Waals surface area contributed by atoms with Gasteiger partial charge in [0.1, 0.15) is 23.2 Å². The topological polar surface area (TPSA) is 49.8 Å². The summed E-state index contributed by atoms with van der Waals surface area (Å²) in [4.78, 5) is 13.4. The third-order valence-corrected chi connectivity index (χ3v) is 3.46. The maximum atomic E-state index is 13.5. The molecule has 1 aliphatic heterocycles. The van der Waals surface area contributed by atoms with E-state index in [1.165, 1.54) is 12.1 Å². The van der Waals surface area contributed by atoms with Gasteiger partial charge in [-0.05, 0) is 31.5 Å². The molecule has 0 saturated carbocycles. The Labute approximate surface area is 111 Å². The maximum Gasteiger partial charge on any atom is 0.342 e. The maximum absolute atomic E-state index is 13.5. The van der Waals surface area contributed by atoms with Crippen molar-refractivity contribution in [3.05, 3.63) is 29.6 Å². The van der Waals surface area contributed by atoms with Gasteiger partial charge in [0.25, 0.3) is 0 Å². The first kappa shape index (κ1) is 13.8. The third kappa shape index (κ3) is 3.23. The molecule has 1 heterocycles. The Balaban J connectivity index is 2.08. The molecule has 1 N–H and O–H groups in total. The number of ether oxygens (including phenoxy) is 1. The third-order valence-electron chi connectivity index (χ3n) is 3.46. The molecule has 0 bridgehead atoms. The predicted octanol–water partition coefficient (Wildman–Crippen LogP) is 2.39. The summed E-state index contributed by atoms with van der Waals surface area (Å²) in [6, 6.07) is 4.12. The fourth-order valence-corrected chi connectivity index (χ4v) is 2.33. The molecule has 1 aromatic carbocycles. The number of carboxylic acid groups (broad SMARTS) is 1. The SMILES string of the molecule is CCN1CCC(Oc2cccc(F)c2C(=O)O)CC1. The van der Waals surface area contributed by atoms with Crippen LogP contribution in [0.3, 0.4) is 0 Å². The Bertz CT molecular complexity index is 456. The van der Waals surface area contributed by atoms with E-state index in [-0.39, 0.29) is 17.4 Å². The van der Waals surface area contributed by atoms with Crippen LogP contribution in [0.2, 0.25) is 0 Å². The van der Waals surface area contributed by atoms with Crippen molar-refractivity contribution in [3.63, 3.8) is 0 Å². The van der Waals surface area contributed by atoms with Crippen LogP contribution in [0.4, 0.5) is 4.39 Å². The second kappa shape index (κ2) is 6.02.